The Bertz CT molecular complexity index is 1230. The van der Waals surface area contributed by atoms with Gasteiger partial charge in [0, 0.05) is 37.2 Å². The average Bonchev–Trinajstić information content (AvgIpc) is 3.38. The Balaban J connectivity index is 1.33. The van der Waals surface area contributed by atoms with Crippen molar-refractivity contribution in [1.82, 2.24) is 15.3 Å². The van der Waals surface area contributed by atoms with Gasteiger partial charge in [0.15, 0.2) is 5.95 Å². The Morgan fingerprint density at radius 2 is 1.76 bits per heavy atom. The Morgan fingerprint density at radius 3 is 2.41 bits per heavy atom. The third-order valence-electron chi connectivity index (χ3n) is 6.60. The molecule has 0 saturated heterocycles. The molecule has 1 fully saturated rings. The molecule has 3 atom stereocenters. The number of nitrogens with one attached hydrogen (secondary N) is 3. The molecule has 37 heavy (non-hydrogen) atoms. The number of aromatic amines is 1. The topological polar surface area (TPSA) is 124 Å². The van der Waals surface area contributed by atoms with Gasteiger partial charge in [-0.15, -0.1) is 0 Å². The van der Waals surface area contributed by atoms with Gasteiger partial charge in [0.05, 0.1) is 15.6 Å². The number of rotatable bonds is 10. The standard InChI is InChI=1S/C27H28Cl2N4O4/c28-20-5-2-6-21(29)24(20)25(35)33-22(26(36)37)13-16-7-9-17(10-8-16)14-23(34)18-3-1-4-19(15-18)32-27-30-11-12-31-27/h2,5-12,18-19,22H,1,3-4,13-15H2,(H,33,35)(H,36,37)(H2,30,31,32)/t18-,19-,22-/m0/s1. The Morgan fingerprint density at radius 1 is 1.05 bits per heavy atom. The van der Waals surface area contributed by atoms with Crippen LogP contribution in [0.15, 0.2) is 54.9 Å². The molecule has 1 heterocycles. The van der Waals surface area contributed by atoms with Crippen molar-refractivity contribution in [2.75, 3.05) is 5.32 Å². The SMILES string of the molecule is O=C(N[C@@H](Cc1ccc(CC(=O)[C@H]2CCC[C@H](Nc3ncc[nH]3)C2)cc1)C(=O)O)c1c(Cl)cccc1Cl. The summed E-state index contributed by atoms with van der Waals surface area (Å²) in [6.07, 6.45) is 7.48. The van der Waals surface area contributed by atoms with Crippen LogP contribution in [0.25, 0.3) is 0 Å². The van der Waals surface area contributed by atoms with Gasteiger partial charge in [0.25, 0.3) is 5.91 Å². The van der Waals surface area contributed by atoms with Crippen LogP contribution in [0.1, 0.15) is 47.2 Å². The van der Waals surface area contributed by atoms with Crippen LogP contribution in [-0.4, -0.2) is 44.8 Å². The minimum absolute atomic E-state index is 0.0101. The molecule has 0 aliphatic heterocycles. The van der Waals surface area contributed by atoms with E-state index in [0.29, 0.717) is 6.42 Å². The maximum atomic E-state index is 13.0. The first-order valence-corrected chi connectivity index (χ1v) is 12.9. The van der Waals surface area contributed by atoms with Crippen LogP contribution in [0.3, 0.4) is 0 Å². The molecule has 2 aromatic carbocycles. The second-order valence-electron chi connectivity index (χ2n) is 9.27. The highest BCUT2D eigenvalue weighted by atomic mass is 35.5. The summed E-state index contributed by atoms with van der Waals surface area (Å²) < 4.78 is 0. The summed E-state index contributed by atoms with van der Waals surface area (Å²) >= 11 is 12.1. The maximum absolute atomic E-state index is 13.0. The molecular weight excluding hydrogens is 515 g/mol. The minimum Gasteiger partial charge on any atom is -0.480 e. The number of hydrogen-bond donors (Lipinski definition) is 4. The second-order valence-corrected chi connectivity index (χ2v) is 10.1. The van der Waals surface area contributed by atoms with E-state index in [0.717, 1.165) is 42.8 Å². The van der Waals surface area contributed by atoms with Gasteiger partial charge in [-0.2, -0.15) is 0 Å². The maximum Gasteiger partial charge on any atom is 0.326 e. The fourth-order valence-corrected chi connectivity index (χ4v) is 5.24. The largest absolute Gasteiger partial charge is 0.480 e. The molecule has 1 saturated carbocycles. The number of carbonyl (C=O) groups excluding carboxylic acids is 2. The molecule has 3 aromatic rings. The van der Waals surface area contributed by atoms with Crippen molar-refractivity contribution in [3.05, 3.63) is 81.6 Å². The number of carboxylic acids is 1. The second kappa shape index (κ2) is 12.3. The molecule has 10 heteroatoms. The van der Waals surface area contributed by atoms with Crippen LogP contribution >= 0.6 is 23.2 Å². The van der Waals surface area contributed by atoms with Gasteiger partial charge in [-0.3, -0.25) is 9.59 Å². The number of imidazole rings is 1. The monoisotopic (exact) mass is 542 g/mol. The molecule has 0 spiro atoms. The van der Waals surface area contributed by atoms with E-state index in [1.54, 1.807) is 30.6 Å². The van der Waals surface area contributed by atoms with E-state index in [2.05, 4.69) is 20.6 Å². The number of aromatic nitrogens is 2. The van der Waals surface area contributed by atoms with E-state index < -0.39 is 17.9 Å². The summed E-state index contributed by atoms with van der Waals surface area (Å²) in [5, 5.41) is 15.8. The summed E-state index contributed by atoms with van der Waals surface area (Å²) in [7, 11) is 0. The van der Waals surface area contributed by atoms with E-state index in [-0.39, 0.29) is 39.8 Å². The fraction of sp³-hybridized carbons (Fsp3) is 0.333. The number of hydrogen-bond acceptors (Lipinski definition) is 5. The molecule has 0 radical (unpaired) electrons. The van der Waals surface area contributed by atoms with Crippen molar-refractivity contribution in [3.8, 4) is 0 Å². The van der Waals surface area contributed by atoms with E-state index in [1.807, 2.05) is 12.1 Å². The summed E-state index contributed by atoms with van der Waals surface area (Å²) in [6.45, 7) is 0. The van der Waals surface area contributed by atoms with Crippen molar-refractivity contribution in [2.24, 2.45) is 5.92 Å². The molecule has 4 N–H and O–H groups in total. The van der Waals surface area contributed by atoms with Gasteiger partial charge in [-0.1, -0.05) is 60.0 Å². The number of aliphatic carboxylic acids is 1. The van der Waals surface area contributed by atoms with Crippen LogP contribution in [0.5, 0.6) is 0 Å². The summed E-state index contributed by atoms with van der Waals surface area (Å²) in [5.74, 6) is -0.919. The normalized spacial score (nSPS) is 18.1. The van der Waals surface area contributed by atoms with E-state index in [1.165, 1.54) is 12.1 Å². The Labute approximate surface area is 224 Å². The first kappa shape index (κ1) is 26.7. The van der Waals surface area contributed by atoms with Gasteiger partial charge in [0.2, 0.25) is 0 Å². The zero-order valence-corrected chi connectivity index (χ0v) is 21.6. The number of ketones is 1. The highest BCUT2D eigenvalue weighted by Gasteiger charge is 2.28. The smallest absolute Gasteiger partial charge is 0.326 e. The van der Waals surface area contributed by atoms with Crippen molar-refractivity contribution >= 4 is 46.8 Å². The molecule has 1 aliphatic carbocycles. The lowest BCUT2D eigenvalue weighted by Crippen LogP contribution is -2.42. The third kappa shape index (κ3) is 7.11. The third-order valence-corrected chi connectivity index (χ3v) is 7.23. The number of amides is 1. The van der Waals surface area contributed by atoms with Gasteiger partial charge in [0.1, 0.15) is 11.8 Å². The first-order chi connectivity index (χ1) is 17.8. The van der Waals surface area contributed by atoms with Crippen LogP contribution in [0.2, 0.25) is 10.0 Å². The molecular formula is C27H28Cl2N4O4. The summed E-state index contributed by atoms with van der Waals surface area (Å²) in [6, 6.07) is 10.9. The quantitative estimate of drug-likeness (QED) is 0.288. The van der Waals surface area contributed by atoms with Gasteiger partial charge >= 0.3 is 5.97 Å². The van der Waals surface area contributed by atoms with Crippen molar-refractivity contribution in [2.45, 2.75) is 50.6 Å². The molecule has 0 unspecified atom stereocenters. The molecule has 1 aromatic heterocycles. The Kier molecular flexibility index (Phi) is 8.84. The molecule has 8 nitrogen and oxygen atoms in total. The zero-order chi connectivity index (χ0) is 26.4. The van der Waals surface area contributed by atoms with Gasteiger partial charge in [-0.25, -0.2) is 9.78 Å². The molecule has 0 bridgehead atoms. The number of carbonyl (C=O) groups is 3. The van der Waals surface area contributed by atoms with Gasteiger partial charge in [-0.05, 0) is 42.5 Å². The number of anilines is 1. The lowest BCUT2D eigenvalue weighted by Gasteiger charge is -2.28. The predicted octanol–water partition coefficient (Wildman–Crippen LogP) is 4.92. The number of Topliss-reactive ketones (excluding diaryl/α,β-unsaturated/α-hetero) is 1. The van der Waals surface area contributed by atoms with Crippen molar-refractivity contribution in [1.29, 1.82) is 0 Å². The number of carboxylic acid groups (broad SMARTS) is 1. The number of halogens is 2. The number of benzene rings is 2. The highest BCUT2D eigenvalue weighted by Crippen LogP contribution is 2.28. The number of nitrogens with zero attached hydrogens (tertiary/aromatic N) is 1. The van der Waals surface area contributed by atoms with E-state index >= 15 is 0 Å². The lowest BCUT2D eigenvalue weighted by molar-refractivity contribution is -0.139. The minimum atomic E-state index is -1.18. The molecule has 1 aliphatic rings. The average molecular weight is 543 g/mol. The van der Waals surface area contributed by atoms with Crippen LogP contribution < -0.4 is 10.6 Å². The molecule has 4 rings (SSSR count). The van der Waals surface area contributed by atoms with Crippen molar-refractivity contribution in [3.63, 3.8) is 0 Å². The number of H-pyrrole nitrogens is 1. The van der Waals surface area contributed by atoms with Gasteiger partial charge < -0.3 is 20.7 Å². The van der Waals surface area contributed by atoms with Crippen LogP contribution in [0, 0.1) is 5.92 Å². The highest BCUT2D eigenvalue weighted by molar-refractivity contribution is 6.39. The summed E-state index contributed by atoms with van der Waals surface area (Å²) in [5.41, 5.74) is 1.62. The Hall–Kier alpha value is -3.36. The predicted molar refractivity (Wildman–Crippen MR) is 142 cm³/mol. The molecule has 194 valence electrons. The summed E-state index contributed by atoms with van der Waals surface area (Å²) in [4.78, 5) is 44.7. The van der Waals surface area contributed by atoms with E-state index in [9.17, 15) is 19.5 Å². The zero-order valence-electron chi connectivity index (χ0n) is 20.0. The van der Waals surface area contributed by atoms with Crippen molar-refractivity contribution < 1.29 is 19.5 Å². The molecule has 1 amide bonds. The first-order valence-electron chi connectivity index (χ1n) is 12.1. The van der Waals surface area contributed by atoms with Crippen LogP contribution in [0.4, 0.5) is 5.95 Å². The lowest BCUT2D eigenvalue weighted by atomic mass is 9.81. The van der Waals surface area contributed by atoms with Crippen LogP contribution in [-0.2, 0) is 22.4 Å². The fourth-order valence-electron chi connectivity index (χ4n) is 4.67. The van der Waals surface area contributed by atoms with E-state index in [4.69, 9.17) is 23.2 Å².